The van der Waals surface area contributed by atoms with Crippen LogP contribution in [0.15, 0.2) is 48.7 Å². The van der Waals surface area contributed by atoms with Crippen LogP contribution in [-0.4, -0.2) is 33.0 Å². The Morgan fingerprint density at radius 1 is 1.17 bits per heavy atom. The van der Waals surface area contributed by atoms with Crippen molar-refractivity contribution >= 4 is 34.1 Å². The topological polar surface area (TPSA) is 126 Å². The van der Waals surface area contributed by atoms with Crippen molar-refractivity contribution in [2.24, 2.45) is 7.05 Å². The SMILES string of the molecule is Cc1cc([N+](=O)[O-])ccc1NC(=O)C(=O)NCC(O)c1ccc2c(ccn2C)c1. The minimum atomic E-state index is -0.975. The first-order chi connectivity index (χ1) is 13.8. The molecule has 0 saturated heterocycles. The zero-order valence-electron chi connectivity index (χ0n) is 15.9. The first-order valence-corrected chi connectivity index (χ1v) is 8.83. The molecule has 1 unspecified atom stereocenters. The Kier molecular flexibility index (Phi) is 5.60. The highest BCUT2D eigenvalue weighted by molar-refractivity contribution is 6.39. The maximum absolute atomic E-state index is 12.1. The molecule has 0 aliphatic carbocycles. The number of carbonyl (C=O) groups excluding carboxylic acids is 2. The Morgan fingerprint density at radius 2 is 1.93 bits per heavy atom. The predicted molar refractivity (Wildman–Crippen MR) is 107 cm³/mol. The largest absolute Gasteiger partial charge is 0.387 e. The molecule has 150 valence electrons. The molecule has 0 bridgehead atoms. The number of nitro benzene ring substituents is 1. The van der Waals surface area contributed by atoms with Crippen LogP contribution in [0.1, 0.15) is 17.2 Å². The smallest absolute Gasteiger partial charge is 0.313 e. The van der Waals surface area contributed by atoms with Crippen LogP contribution in [0.3, 0.4) is 0 Å². The lowest BCUT2D eigenvalue weighted by molar-refractivity contribution is -0.384. The molecule has 0 aliphatic heterocycles. The lowest BCUT2D eigenvalue weighted by Gasteiger charge is -2.13. The third kappa shape index (κ3) is 4.41. The number of aromatic nitrogens is 1. The molecule has 0 aliphatic rings. The molecule has 29 heavy (non-hydrogen) atoms. The zero-order chi connectivity index (χ0) is 21.1. The van der Waals surface area contributed by atoms with Crippen LogP contribution in [0.5, 0.6) is 0 Å². The zero-order valence-corrected chi connectivity index (χ0v) is 15.9. The van der Waals surface area contributed by atoms with E-state index in [0.29, 0.717) is 16.8 Å². The Hall–Kier alpha value is -3.72. The van der Waals surface area contributed by atoms with Gasteiger partial charge in [0.2, 0.25) is 0 Å². The van der Waals surface area contributed by atoms with Gasteiger partial charge >= 0.3 is 11.8 Å². The Bertz CT molecular complexity index is 1110. The van der Waals surface area contributed by atoms with Crippen molar-refractivity contribution in [2.45, 2.75) is 13.0 Å². The summed E-state index contributed by atoms with van der Waals surface area (Å²) in [6.07, 6.45) is 0.935. The molecule has 0 spiro atoms. The van der Waals surface area contributed by atoms with Gasteiger partial charge in [0.05, 0.1) is 11.0 Å². The Morgan fingerprint density at radius 3 is 2.62 bits per heavy atom. The molecule has 3 N–H and O–H groups in total. The molecule has 2 amide bonds. The summed E-state index contributed by atoms with van der Waals surface area (Å²) in [5, 5.41) is 26.8. The highest BCUT2D eigenvalue weighted by Gasteiger charge is 2.18. The number of nitrogens with one attached hydrogen (secondary N) is 2. The van der Waals surface area contributed by atoms with Gasteiger partial charge < -0.3 is 20.3 Å². The monoisotopic (exact) mass is 396 g/mol. The minimum absolute atomic E-state index is 0.108. The van der Waals surface area contributed by atoms with Gasteiger partial charge in [0.15, 0.2) is 0 Å². The van der Waals surface area contributed by atoms with Gasteiger partial charge in [-0.3, -0.25) is 19.7 Å². The van der Waals surface area contributed by atoms with Gasteiger partial charge in [0.1, 0.15) is 0 Å². The fourth-order valence-electron chi connectivity index (χ4n) is 2.98. The molecule has 2 aromatic carbocycles. The summed E-state index contributed by atoms with van der Waals surface area (Å²) in [5.41, 5.74) is 2.28. The van der Waals surface area contributed by atoms with E-state index in [1.807, 2.05) is 36.0 Å². The number of aliphatic hydroxyl groups excluding tert-OH is 1. The number of benzene rings is 2. The summed E-state index contributed by atoms with van der Waals surface area (Å²) in [6.45, 7) is 1.45. The summed E-state index contributed by atoms with van der Waals surface area (Å²) in [6, 6.07) is 11.3. The van der Waals surface area contributed by atoms with Crippen molar-refractivity contribution in [1.82, 2.24) is 9.88 Å². The van der Waals surface area contributed by atoms with E-state index in [1.54, 1.807) is 13.0 Å². The van der Waals surface area contributed by atoms with Crippen molar-refractivity contribution in [3.63, 3.8) is 0 Å². The van der Waals surface area contributed by atoms with E-state index in [2.05, 4.69) is 10.6 Å². The minimum Gasteiger partial charge on any atom is -0.387 e. The van der Waals surface area contributed by atoms with E-state index in [9.17, 15) is 24.8 Å². The van der Waals surface area contributed by atoms with Crippen LogP contribution in [0.25, 0.3) is 10.9 Å². The van der Waals surface area contributed by atoms with Crippen molar-refractivity contribution in [3.05, 3.63) is 69.9 Å². The second kappa shape index (κ2) is 8.11. The number of aliphatic hydroxyl groups is 1. The maximum atomic E-state index is 12.1. The summed E-state index contributed by atoms with van der Waals surface area (Å²) < 4.78 is 1.96. The van der Waals surface area contributed by atoms with E-state index in [4.69, 9.17) is 0 Å². The van der Waals surface area contributed by atoms with Gasteiger partial charge in [-0.25, -0.2) is 0 Å². The standard InChI is InChI=1S/C20H20N4O5/c1-12-9-15(24(28)29)4-5-16(12)22-20(27)19(26)21-11-18(25)14-3-6-17-13(10-14)7-8-23(17)2/h3-10,18,25H,11H2,1-2H3,(H,21,26)(H,22,27). The highest BCUT2D eigenvalue weighted by Crippen LogP contribution is 2.22. The molecule has 1 aromatic heterocycles. The number of nitro groups is 1. The average Bonchev–Trinajstić information content (AvgIpc) is 3.07. The fraction of sp³-hybridized carbons (Fsp3) is 0.200. The molecule has 1 heterocycles. The molecule has 0 radical (unpaired) electrons. The third-order valence-corrected chi connectivity index (χ3v) is 4.63. The lowest BCUT2D eigenvalue weighted by atomic mass is 10.1. The number of carbonyl (C=O) groups is 2. The van der Waals surface area contributed by atoms with Crippen molar-refractivity contribution in [1.29, 1.82) is 0 Å². The molecule has 1 atom stereocenters. The second-order valence-corrected chi connectivity index (χ2v) is 6.68. The van der Waals surface area contributed by atoms with Crippen LogP contribution >= 0.6 is 0 Å². The molecular weight excluding hydrogens is 376 g/mol. The van der Waals surface area contributed by atoms with Crippen molar-refractivity contribution in [2.75, 3.05) is 11.9 Å². The number of aryl methyl sites for hydroxylation is 2. The van der Waals surface area contributed by atoms with E-state index >= 15 is 0 Å². The Balaban J connectivity index is 1.59. The molecule has 0 fully saturated rings. The van der Waals surface area contributed by atoms with Gasteiger partial charge in [0, 0.05) is 43.1 Å². The van der Waals surface area contributed by atoms with E-state index in [1.165, 1.54) is 18.2 Å². The molecule has 3 rings (SSSR count). The first-order valence-electron chi connectivity index (χ1n) is 8.83. The molecular formula is C20H20N4O5. The molecule has 0 saturated carbocycles. The molecule has 9 nitrogen and oxygen atoms in total. The van der Waals surface area contributed by atoms with Crippen LogP contribution < -0.4 is 10.6 Å². The normalized spacial score (nSPS) is 11.8. The number of hydrogen-bond donors (Lipinski definition) is 3. The number of amides is 2. The predicted octanol–water partition coefficient (Wildman–Crippen LogP) is 2.18. The van der Waals surface area contributed by atoms with Crippen LogP contribution in [0.2, 0.25) is 0 Å². The van der Waals surface area contributed by atoms with Crippen LogP contribution in [-0.2, 0) is 16.6 Å². The van der Waals surface area contributed by atoms with Crippen molar-refractivity contribution in [3.8, 4) is 0 Å². The summed E-state index contributed by atoms with van der Waals surface area (Å²) in [4.78, 5) is 34.3. The van der Waals surface area contributed by atoms with Gasteiger partial charge in [-0.05, 0) is 47.7 Å². The average molecular weight is 396 g/mol. The van der Waals surface area contributed by atoms with E-state index in [-0.39, 0.29) is 12.2 Å². The van der Waals surface area contributed by atoms with Crippen LogP contribution in [0, 0.1) is 17.0 Å². The fourth-order valence-corrected chi connectivity index (χ4v) is 2.98. The maximum Gasteiger partial charge on any atom is 0.313 e. The highest BCUT2D eigenvalue weighted by atomic mass is 16.6. The number of nitrogens with zero attached hydrogens (tertiary/aromatic N) is 2. The Labute approximate surface area is 166 Å². The lowest BCUT2D eigenvalue weighted by Crippen LogP contribution is -2.37. The number of non-ortho nitro benzene ring substituents is 1. The van der Waals surface area contributed by atoms with Gasteiger partial charge in [0.25, 0.3) is 5.69 Å². The van der Waals surface area contributed by atoms with Gasteiger partial charge in [-0.15, -0.1) is 0 Å². The van der Waals surface area contributed by atoms with Gasteiger partial charge in [-0.1, -0.05) is 6.07 Å². The second-order valence-electron chi connectivity index (χ2n) is 6.68. The van der Waals surface area contributed by atoms with Gasteiger partial charge in [-0.2, -0.15) is 0 Å². The number of rotatable bonds is 5. The quantitative estimate of drug-likeness (QED) is 0.346. The van der Waals surface area contributed by atoms with E-state index < -0.39 is 22.8 Å². The number of hydrogen-bond acceptors (Lipinski definition) is 5. The summed E-state index contributed by atoms with van der Waals surface area (Å²) >= 11 is 0. The van der Waals surface area contributed by atoms with E-state index in [0.717, 1.165) is 10.9 Å². The summed E-state index contributed by atoms with van der Waals surface area (Å²) in [7, 11) is 1.92. The number of anilines is 1. The van der Waals surface area contributed by atoms with Crippen LogP contribution in [0.4, 0.5) is 11.4 Å². The molecule has 3 aromatic rings. The first kappa shape index (κ1) is 20.0. The van der Waals surface area contributed by atoms with Crippen molar-refractivity contribution < 1.29 is 19.6 Å². The summed E-state index contributed by atoms with van der Waals surface area (Å²) in [5.74, 6) is -1.84. The molecule has 9 heteroatoms. The number of fused-ring (bicyclic) bond motifs is 1. The third-order valence-electron chi connectivity index (χ3n) is 4.63.